The molecule has 1 heterocycles. The number of nitrogens with zero attached hydrogens (tertiary/aromatic N) is 1. The summed E-state index contributed by atoms with van der Waals surface area (Å²) >= 11 is 0. The monoisotopic (exact) mass is 181 g/mol. The molecule has 1 atom stereocenters. The van der Waals surface area contributed by atoms with Crippen molar-refractivity contribution in [3.8, 4) is 0 Å². The Balaban J connectivity index is 1.82. The first-order valence-corrected chi connectivity index (χ1v) is 5.85. The third-order valence-electron chi connectivity index (χ3n) is 4.10. The van der Waals surface area contributed by atoms with Crippen molar-refractivity contribution in [1.29, 1.82) is 0 Å². The highest BCUT2D eigenvalue weighted by atomic mass is 15.2. The van der Waals surface area contributed by atoms with Crippen LogP contribution >= 0.6 is 0 Å². The maximum atomic E-state index is 2.71. The van der Waals surface area contributed by atoms with Gasteiger partial charge in [0.05, 0.1) is 0 Å². The second-order valence-electron chi connectivity index (χ2n) is 5.73. The molecular weight excluding hydrogens is 158 g/mol. The van der Waals surface area contributed by atoms with Gasteiger partial charge in [0.2, 0.25) is 0 Å². The second-order valence-corrected chi connectivity index (χ2v) is 5.73. The van der Waals surface area contributed by atoms with Gasteiger partial charge in [0.15, 0.2) is 0 Å². The molecule has 0 aromatic carbocycles. The largest absolute Gasteiger partial charge is 0.299 e. The molecular formula is C12H23N. The highest BCUT2D eigenvalue weighted by molar-refractivity contribution is 4.93. The molecule has 1 nitrogen and oxygen atoms in total. The van der Waals surface area contributed by atoms with Gasteiger partial charge >= 0.3 is 0 Å². The summed E-state index contributed by atoms with van der Waals surface area (Å²) < 4.78 is 0. The van der Waals surface area contributed by atoms with Crippen molar-refractivity contribution in [1.82, 2.24) is 4.90 Å². The maximum absolute atomic E-state index is 2.71. The van der Waals surface area contributed by atoms with E-state index in [1.165, 1.54) is 38.8 Å². The van der Waals surface area contributed by atoms with Crippen LogP contribution in [0.1, 0.15) is 46.5 Å². The van der Waals surface area contributed by atoms with E-state index < -0.39 is 0 Å². The molecule has 0 N–H and O–H groups in total. The molecule has 1 saturated heterocycles. The summed E-state index contributed by atoms with van der Waals surface area (Å²) in [4.78, 5) is 2.71. The first-order chi connectivity index (χ1) is 6.11. The Kier molecular flexibility index (Phi) is 2.39. The molecule has 1 aliphatic carbocycles. The standard InChI is InChI=1S/C12H23N/c1-10(2)11-5-8-13(11)9-12(3)6-4-7-12/h10-11H,4-9H2,1-3H3. The normalized spacial score (nSPS) is 32.8. The molecule has 1 heteroatoms. The third-order valence-corrected chi connectivity index (χ3v) is 4.10. The summed E-state index contributed by atoms with van der Waals surface area (Å²) in [6.45, 7) is 9.92. The molecule has 1 aliphatic heterocycles. The zero-order chi connectivity index (χ0) is 9.47. The van der Waals surface area contributed by atoms with Gasteiger partial charge in [-0.05, 0) is 37.1 Å². The van der Waals surface area contributed by atoms with Crippen LogP contribution in [0.5, 0.6) is 0 Å². The van der Waals surface area contributed by atoms with Gasteiger partial charge in [-0.3, -0.25) is 4.90 Å². The average molecular weight is 181 g/mol. The van der Waals surface area contributed by atoms with Gasteiger partial charge < -0.3 is 0 Å². The van der Waals surface area contributed by atoms with Crippen LogP contribution in [0, 0.1) is 11.3 Å². The minimum atomic E-state index is 0.688. The van der Waals surface area contributed by atoms with E-state index in [9.17, 15) is 0 Å². The van der Waals surface area contributed by atoms with Gasteiger partial charge in [0.25, 0.3) is 0 Å². The number of hydrogen-bond acceptors (Lipinski definition) is 1. The Labute approximate surface area is 82.5 Å². The van der Waals surface area contributed by atoms with Crippen LogP contribution < -0.4 is 0 Å². The van der Waals surface area contributed by atoms with E-state index in [4.69, 9.17) is 0 Å². The van der Waals surface area contributed by atoms with E-state index in [0.29, 0.717) is 5.41 Å². The van der Waals surface area contributed by atoms with Crippen molar-refractivity contribution < 1.29 is 0 Å². The Morgan fingerprint density at radius 2 is 2.08 bits per heavy atom. The molecule has 13 heavy (non-hydrogen) atoms. The lowest BCUT2D eigenvalue weighted by Gasteiger charge is -2.50. The third kappa shape index (κ3) is 1.76. The van der Waals surface area contributed by atoms with Crippen LogP contribution in [0.25, 0.3) is 0 Å². The fourth-order valence-electron chi connectivity index (χ4n) is 2.84. The molecule has 0 radical (unpaired) electrons. The molecule has 2 fully saturated rings. The van der Waals surface area contributed by atoms with Crippen molar-refractivity contribution in [3.05, 3.63) is 0 Å². The maximum Gasteiger partial charge on any atom is 0.0131 e. The summed E-state index contributed by atoms with van der Waals surface area (Å²) in [5.41, 5.74) is 0.688. The highest BCUT2D eigenvalue weighted by Gasteiger charge is 2.39. The number of hydrogen-bond donors (Lipinski definition) is 0. The summed E-state index contributed by atoms with van der Waals surface area (Å²) in [7, 11) is 0. The predicted molar refractivity (Wildman–Crippen MR) is 56.8 cm³/mol. The van der Waals surface area contributed by atoms with E-state index >= 15 is 0 Å². The molecule has 0 aromatic rings. The molecule has 1 unspecified atom stereocenters. The van der Waals surface area contributed by atoms with Gasteiger partial charge in [-0.15, -0.1) is 0 Å². The van der Waals surface area contributed by atoms with Crippen LogP contribution in [0.2, 0.25) is 0 Å². The SMILES string of the molecule is CC(C)C1CCN1CC1(C)CCC1. The molecule has 1 saturated carbocycles. The Bertz CT molecular complexity index is 182. The molecule has 2 aliphatic rings. The Morgan fingerprint density at radius 1 is 1.38 bits per heavy atom. The summed E-state index contributed by atoms with van der Waals surface area (Å²) in [6.07, 6.45) is 5.84. The zero-order valence-corrected chi connectivity index (χ0v) is 9.34. The van der Waals surface area contributed by atoms with E-state index in [-0.39, 0.29) is 0 Å². The lowest BCUT2D eigenvalue weighted by atomic mass is 9.69. The molecule has 0 aromatic heterocycles. The quantitative estimate of drug-likeness (QED) is 0.647. The topological polar surface area (TPSA) is 3.24 Å². The van der Waals surface area contributed by atoms with E-state index in [2.05, 4.69) is 25.7 Å². The number of likely N-dealkylation sites (tertiary alicyclic amines) is 1. The molecule has 0 amide bonds. The Morgan fingerprint density at radius 3 is 2.38 bits per heavy atom. The summed E-state index contributed by atoms with van der Waals surface area (Å²) in [5, 5.41) is 0. The summed E-state index contributed by atoms with van der Waals surface area (Å²) in [6, 6.07) is 0.900. The minimum Gasteiger partial charge on any atom is -0.299 e. The van der Waals surface area contributed by atoms with Crippen molar-refractivity contribution in [3.63, 3.8) is 0 Å². The Hall–Kier alpha value is -0.0400. The van der Waals surface area contributed by atoms with E-state index in [1.807, 2.05) is 0 Å². The molecule has 76 valence electrons. The van der Waals surface area contributed by atoms with Gasteiger partial charge in [-0.1, -0.05) is 27.2 Å². The van der Waals surface area contributed by atoms with Crippen molar-refractivity contribution in [2.45, 2.75) is 52.5 Å². The van der Waals surface area contributed by atoms with Crippen LogP contribution in [0.15, 0.2) is 0 Å². The number of rotatable bonds is 3. The lowest BCUT2D eigenvalue weighted by molar-refractivity contribution is -0.0103. The van der Waals surface area contributed by atoms with Gasteiger partial charge in [0.1, 0.15) is 0 Å². The van der Waals surface area contributed by atoms with E-state index in [0.717, 1.165) is 12.0 Å². The van der Waals surface area contributed by atoms with Crippen LogP contribution in [-0.2, 0) is 0 Å². The first-order valence-electron chi connectivity index (χ1n) is 5.85. The van der Waals surface area contributed by atoms with Crippen molar-refractivity contribution in [2.75, 3.05) is 13.1 Å². The molecule has 0 bridgehead atoms. The second kappa shape index (κ2) is 3.27. The lowest BCUT2D eigenvalue weighted by Crippen LogP contribution is -2.55. The van der Waals surface area contributed by atoms with Gasteiger partial charge in [-0.25, -0.2) is 0 Å². The fraction of sp³-hybridized carbons (Fsp3) is 1.00. The van der Waals surface area contributed by atoms with Crippen molar-refractivity contribution >= 4 is 0 Å². The first kappa shape index (κ1) is 9.51. The average Bonchev–Trinajstić information content (AvgIpc) is 1.93. The van der Waals surface area contributed by atoms with Crippen molar-refractivity contribution in [2.24, 2.45) is 11.3 Å². The summed E-state index contributed by atoms with van der Waals surface area (Å²) in [5.74, 6) is 0.859. The van der Waals surface area contributed by atoms with Crippen LogP contribution in [-0.4, -0.2) is 24.0 Å². The van der Waals surface area contributed by atoms with Crippen LogP contribution in [0.3, 0.4) is 0 Å². The van der Waals surface area contributed by atoms with Gasteiger partial charge in [-0.2, -0.15) is 0 Å². The van der Waals surface area contributed by atoms with E-state index in [1.54, 1.807) is 0 Å². The van der Waals surface area contributed by atoms with Crippen LogP contribution in [0.4, 0.5) is 0 Å². The smallest absolute Gasteiger partial charge is 0.0131 e. The highest BCUT2D eigenvalue weighted by Crippen LogP contribution is 2.42. The molecule has 0 spiro atoms. The zero-order valence-electron chi connectivity index (χ0n) is 9.34. The molecule has 2 rings (SSSR count). The van der Waals surface area contributed by atoms with Gasteiger partial charge in [0, 0.05) is 12.6 Å². The minimum absolute atomic E-state index is 0.688. The predicted octanol–water partition coefficient (Wildman–Crippen LogP) is 2.91. The fourth-order valence-corrected chi connectivity index (χ4v) is 2.84.